The maximum Gasteiger partial charge on any atom is 0.261 e. The second kappa shape index (κ2) is 7.98. The predicted molar refractivity (Wildman–Crippen MR) is 81.9 cm³/mol. The Kier molecular flexibility index (Phi) is 5.99. The Hall–Kier alpha value is -1.62. The molecule has 1 aromatic rings. The van der Waals surface area contributed by atoms with Gasteiger partial charge < -0.3 is 15.8 Å². The average molecular weight is 291 g/mol. The molecule has 1 heterocycles. The largest absolute Gasteiger partial charge is 0.479 e. The molecule has 1 fully saturated rings. The molecule has 0 radical (unpaired) electrons. The van der Waals surface area contributed by atoms with Crippen molar-refractivity contribution in [3.63, 3.8) is 0 Å². The number of carbonyl (C=O) groups excluding carboxylic acids is 1. The number of hydrogen-bond donors (Lipinski definition) is 2. The van der Waals surface area contributed by atoms with E-state index in [1.165, 1.54) is 19.3 Å². The number of amides is 1. The zero-order chi connectivity index (χ0) is 15.1. The normalized spacial score (nSPS) is 18.8. The van der Waals surface area contributed by atoms with Crippen LogP contribution in [0.4, 0.5) is 0 Å². The highest BCUT2D eigenvalue weighted by Gasteiger charge is 2.26. The first kappa shape index (κ1) is 15.8. The lowest BCUT2D eigenvalue weighted by Crippen LogP contribution is -2.49. The maximum atomic E-state index is 12.2. The number of aromatic nitrogens is 1. The molecule has 116 valence electrons. The summed E-state index contributed by atoms with van der Waals surface area (Å²) in [7, 11) is 0. The summed E-state index contributed by atoms with van der Waals surface area (Å²) < 4.78 is 5.59. The van der Waals surface area contributed by atoms with Crippen LogP contribution in [0.15, 0.2) is 24.5 Å². The first-order chi connectivity index (χ1) is 10.2. The molecule has 0 spiro atoms. The molecule has 1 aliphatic rings. The van der Waals surface area contributed by atoms with Gasteiger partial charge in [0.05, 0.1) is 6.20 Å². The van der Waals surface area contributed by atoms with Gasteiger partial charge in [-0.15, -0.1) is 0 Å². The van der Waals surface area contributed by atoms with Crippen molar-refractivity contribution in [1.82, 2.24) is 10.3 Å². The highest BCUT2D eigenvalue weighted by Crippen LogP contribution is 2.26. The first-order valence-electron chi connectivity index (χ1n) is 7.78. The minimum absolute atomic E-state index is 0.0535. The van der Waals surface area contributed by atoms with Gasteiger partial charge in [-0.1, -0.05) is 19.3 Å². The highest BCUT2D eigenvalue weighted by atomic mass is 16.5. The Bertz CT molecular complexity index is 432. The van der Waals surface area contributed by atoms with E-state index in [-0.39, 0.29) is 11.9 Å². The van der Waals surface area contributed by atoms with Gasteiger partial charge >= 0.3 is 0 Å². The van der Waals surface area contributed by atoms with Gasteiger partial charge in [-0.25, -0.2) is 0 Å². The molecule has 1 saturated carbocycles. The van der Waals surface area contributed by atoms with Crippen LogP contribution in [-0.4, -0.2) is 29.6 Å². The van der Waals surface area contributed by atoms with Crippen LogP contribution >= 0.6 is 0 Å². The first-order valence-corrected chi connectivity index (χ1v) is 7.78. The molecule has 2 rings (SSSR count). The van der Waals surface area contributed by atoms with Gasteiger partial charge in [0, 0.05) is 18.8 Å². The summed E-state index contributed by atoms with van der Waals surface area (Å²) in [4.78, 5) is 16.2. The molecule has 0 bridgehead atoms. The molecule has 5 nitrogen and oxygen atoms in total. The third-order valence-electron chi connectivity index (χ3n) is 4.12. The third-order valence-corrected chi connectivity index (χ3v) is 4.12. The van der Waals surface area contributed by atoms with E-state index in [4.69, 9.17) is 10.5 Å². The van der Waals surface area contributed by atoms with Crippen molar-refractivity contribution < 1.29 is 9.53 Å². The molecule has 5 heteroatoms. The van der Waals surface area contributed by atoms with Crippen LogP contribution in [0.1, 0.15) is 39.0 Å². The molecule has 0 aromatic carbocycles. The van der Waals surface area contributed by atoms with E-state index in [9.17, 15) is 4.79 Å². The van der Waals surface area contributed by atoms with E-state index in [0.717, 1.165) is 12.8 Å². The monoisotopic (exact) mass is 291 g/mol. The van der Waals surface area contributed by atoms with E-state index in [0.29, 0.717) is 18.2 Å². The summed E-state index contributed by atoms with van der Waals surface area (Å²) in [6.07, 6.45) is 8.79. The summed E-state index contributed by atoms with van der Waals surface area (Å²) in [6.45, 7) is 2.23. The number of carbonyl (C=O) groups is 1. The van der Waals surface area contributed by atoms with E-state index in [1.807, 2.05) is 0 Å². The summed E-state index contributed by atoms with van der Waals surface area (Å²) >= 11 is 0. The van der Waals surface area contributed by atoms with Crippen LogP contribution in [-0.2, 0) is 4.79 Å². The van der Waals surface area contributed by atoms with Crippen molar-refractivity contribution in [2.24, 2.45) is 11.7 Å². The molecule has 0 saturated heterocycles. The third kappa shape index (κ3) is 4.70. The second-order valence-electron chi connectivity index (χ2n) is 5.70. The summed E-state index contributed by atoms with van der Waals surface area (Å²) in [5.74, 6) is 0.986. The van der Waals surface area contributed by atoms with Gasteiger partial charge in [0.25, 0.3) is 5.91 Å². The highest BCUT2D eigenvalue weighted by molar-refractivity contribution is 5.81. The van der Waals surface area contributed by atoms with Gasteiger partial charge in [0.15, 0.2) is 6.10 Å². The lowest BCUT2D eigenvalue weighted by Gasteiger charge is -2.30. The smallest absolute Gasteiger partial charge is 0.261 e. The maximum absolute atomic E-state index is 12.2. The van der Waals surface area contributed by atoms with Crippen molar-refractivity contribution in [2.75, 3.05) is 6.54 Å². The van der Waals surface area contributed by atoms with Crippen molar-refractivity contribution >= 4 is 5.91 Å². The second-order valence-corrected chi connectivity index (χ2v) is 5.70. The topological polar surface area (TPSA) is 77.2 Å². The number of pyridine rings is 1. The zero-order valence-corrected chi connectivity index (χ0v) is 12.6. The number of ether oxygens (including phenoxy) is 1. The van der Waals surface area contributed by atoms with Gasteiger partial charge in [-0.2, -0.15) is 0 Å². The summed E-state index contributed by atoms with van der Waals surface area (Å²) in [5, 5.41) is 3.05. The predicted octanol–water partition coefficient (Wildman–Crippen LogP) is 1.87. The van der Waals surface area contributed by atoms with E-state index in [1.54, 1.807) is 31.5 Å². The van der Waals surface area contributed by atoms with Crippen molar-refractivity contribution in [1.29, 1.82) is 0 Å². The van der Waals surface area contributed by atoms with Gasteiger partial charge in [0.1, 0.15) is 5.75 Å². The van der Waals surface area contributed by atoms with Crippen molar-refractivity contribution in [3.8, 4) is 5.75 Å². The van der Waals surface area contributed by atoms with Crippen LogP contribution in [0.2, 0.25) is 0 Å². The Morgan fingerprint density at radius 2 is 2.24 bits per heavy atom. The molecule has 1 aromatic heterocycles. The van der Waals surface area contributed by atoms with Crippen molar-refractivity contribution in [3.05, 3.63) is 24.5 Å². The molecule has 0 aliphatic heterocycles. The zero-order valence-electron chi connectivity index (χ0n) is 12.6. The van der Waals surface area contributed by atoms with Crippen LogP contribution in [0.5, 0.6) is 5.75 Å². The van der Waals surface area contributed by atoms with Gasteiger partial charge in [-0.3, -0.25) is 9.78 Å². The molecular weight excluding hydrogens is 266 g/mol. The van der Waals surface area contributed by atoms with Crippen molar-refractivity contribution in [2.45, 2.75) is 51.2 Å². The molecule has 3 N–H and O–H groups in total. The van der Waals surface area contributed by atoms with Crippen LogP contribution < -0.4 is 15.8 Å². The molecule has 21 heavy (non-hydrogen) atoms. The lowest BCUT2D eigenvalue weighted by molar-refractivity contribution is -0.128. The number of rotatable bonds is 6. The Morgan fingerprint density at radius 3 is 2.86 bits per heavy atom. The minimum Gasteiger partial charge on any atom is -0.479 e. The summed E-state index contributed by atoms with van der Waals surface area (Å²) in [5.41, 5.74) is 5.84. The Balaban J connectivity index is 1.86. The fourth-order valence-corrected chi connectivity index (χ4v) is 2.88. The molecule has 1 aliphatic carbocycles. The van der Waals surface area contributed by atoms with Crippen LogP contribution in [0, 0.1) is 5.92 Å². The standard InChI is InChI=1S/C16H25N3O2/c1-12(21-14-8-5-9-18-11-14)16(20)19-15(10-17)13-6-3-2-4-7-13/h5,8-9,11-13,15H,2-4,6-7,10,17H2,1H3,(H,19,20). The molecule has 2 unspecified atom stereocenters. The Labute approximate surface area is 126 Å². The quantitative estimate of drug-likeness (QED) is 0.839. The SMILES string of the molecule is CC(Oc1cccnc1)C(=O)NC(CN)C1CCCCC1. The van der Waals surface area contributed by atoms with Gasteiger partial charge in [-0.05, 0) is 37.8 Å². The van der Waals surface area contributed by atoms with Crippen LogP contribution in [0.3, 0.4) is 0 Å². The molecular formula is C16H25N3O2. The van der Waals surface area contributed by atoms with E-state index >= 15 is 0 Å². The lowest BCUT2D eigenvalue weighted by atomic mass is 9.84. The fourth-order valence-electron chi connectivity index (χ4n) is 2.88. The molecule has 1 amide bonds. The van der Waals surface area contributed by atoms with Crippen LogP contribution in [0.25, 0.3) is 0 Å². The van der Waals surface area contributed by atoms with Gasteiger partial charge in [0.2, 0.25) is 0 Å². The molecule has 2 atom stereocenters. The van der Waals surface area contributed by atoms with E-state index < -0.39 is 6.10 Å². The number of nitrogens with two attached hydrogens (primary N) is 1. The minimum atomic E-state index is -0.549. The average Bonchev–Trinajstić information content (AvgIpc) is 2.54. The fraction of sp³-hybridized carbons (Fsp3) is 0.625. The summed E-state index contributed by atoms with van der Waals surface area (Å²) in [6, 6.07) is 3.63. The Morgan fingerprint density at radius 1 is 1.48 bits per heavy atom. The number of nitrogens with one attached hydrogen (secondary N) is 1. The number of hydrogen-bond acceptors (Lipinski definition) is 4. The van der Waals surface area contributed by atoms with E-state index in [2.05, 4.69) is 10.3 Å². The number of nitrogens with zero attached hydrogens (tertiary/aromatic N) is 1.